The molecular weight excluding hydrogens is 392 g/mol. The highest BCUT2D eigenvalue weighted by atomic mass is 79.9. The minimum Gasteiger partial charge on any atom is -0.465 e. The number of furan rings is 1. The maximum atomic E-state index is 11.8. The smallest absolute Gasteiger partial charge is 0.340 e. The fraction of sp³-hybridized carbons (Fsp3) is 0.143. The first-order valence-electron chi connectivity index (χ1n) is 5.62. The van der Waals surface area contributed by atoms with Crippen molar-refractivity contribution in [1.82, 2.24) is 0 Å². The minimum absolute atomic E-state index is 0.230. The molecule has 0 N–H and O–H groups in total. The summed E-state index contributed by atoms with van der Waals surface area (Å²) in [6, 6.07) is 5.06. The van der Waals surface area contributed by atoms with Crippen LogP contribution in [0.25, 0.3) is 11.3 Å². The van der Waals surface area contributed by atoms with Gasteiger partial charge in [0.2, 0.25) is 0 Å². The summed E-state index contributed by atoms with van der Waals surface area (Å²) in [5.41, 5.74) is 1.97. The van der Waals surface area contributed by atoms with Crippen molar-refractivity contribution >= 4 is 44.1 Å². The van der Waals surface area contributed by atoms with Gasteiger partial charge in [0.05, 0.1) is 12.7 Å². The number of methoxy groups -OCH3 is 1. The monoisotopic (exact) mass is 400 g/mol. The molecule has 0 spiro atoms. The van der Waals surface area contributed by atoms with Crippen molar-refractivity contribution in [3.8, 4) is 11.3 Å². The van der Waals surface area contributed by atoms with E-state index in [9.17, 15) is 9.59 Å². The average Bonchev–Trinajstić information content (AvgIpc) is 2.86. The molecule has 2 aromatic rings. The highest BCUT2D eigenvalue weighted by molar-refractivity contribution is 9.11. The van der Waals surface area contributed by atoms with Gasteiger partial charge in [0.1, 0.15) is 5.76 Å². The van der Waals surface area contributed by atoms with Crippen molar-refractivity contribution in [2.24, 2.45) is 0 Å². The van der Waals surface area contributed by atoms with Crippen LogP contribution in [0.2, 0.25) is 0 Å². The van der Waals surface area contributed by atoms with Crippen LogP contribution in [0.5, 0.6) is 0 Å². The number of carbonyl (C=O) groups is 2. The lowest BCUT2D eigenvalue weighted by atomic mass is 10.0. The predicted octanol–water partition coefficient (Wildman–Crippen LogP) is 4.38. The van der Waals surface area contributed by atoms with E-state index >= 15 is 0 Å². The first-order valence-corrected chi connectivity index (χ1v) is 7.20. The Balaban J connectivity index is 2.69. The van der Waals surface area contributed by atoms with Crippen molar-refractivity contribution in [2.45, 2.75) is 6.92 Å². The second-order valence-corrected chi connectivity index (χ2v) is 5.70. The summed E-state index contributed by atoms with van der Waals surface area (Å²) in [5, 5.41) is 0. The second-order valence-electron chi connectivity index (χ2n) is 4.05. The van der Waals surface area contributed by atoms with Gasteiger partial charge in [0.25, 0.3) is 0 Å². The quantitative estimate of drug-likeness (QED) is 0.565. The number of carbonyl (C=O) groups excluding carboxylic acids is 2. The van der Waals surface area contributed by atoms with Crippen molar-refractivity contribution in [1.29, 1.82) is 0 Å². The average molecular weight is 402 g/mol. The number of aldehydes is 1. The third-order valence-corrected chi connectivity index (χ3v) is 4.21. The number of hydrogen-bond acceptors (Lipinski definition) is 4. The minimum atomic E-state index is -0.466. The van der Waals surface area contributed by atoms with Gasteiger partial charge in [-0.1, -0.05) is 0 Å². The molecule has 20 heavy (non-hydrogen) atoms. The molecule has 1 aromatic carbocycles. The standard InChI is InChI=1S/C14H10Br2O4/c1-7-5-9(15)12(14(18)19-2)13(16)11(7)10-4-3-8(6-17)20-10/h3-6H,1-2H3. The lowest BCUT2D eigenvalue weighted by Crippen LogP contribution is -2.05. The molecule has 0 unspecified atom stereocenters. The lowest BCUT2D eigenvalue weighted by Gasteiger charge is -2.12. The SMILES string of the molecule is COC(=O)c1c(Br)cc(C)c(-c2ccc(C=O)o2)c1Br. The van der Waals surface area contributed by atoms with Gasteiger partial charge in [-0.25, -0.2) is 4.79 Å². The second kappa shape index (κ2) is 5.93. The van der Waals surface area contributed by atoms with Crippen LogP contribution in [-0.4, -0.2) is 19.4 Å². The molecule has 0 fully saturated rings. The van der Waals surface area contributed by atoms with Crippen LogP contribution in [0.4, 0.5) is 0 Å². The first-order chi connectivity index (χ1) is 9.49. The van der Waals surface area contributed by atoms with Crippen LogP contribution < -0.4 is 0 Å². The predicted molar refractivity (Wildman–Crippen MR) is 81.0 cm³/mol. The Morgan fingerprint density at radius 2 is 2.05 bits per heavy atom. The molecule has 0 aliphatic heterocycles. The molecule has 0 amide bonds. The summed E-state index contributed by atoms with van der Waals surface area (Å²) in [5.74, 6) is 0.273. The zero-order valence-corrected chi connectivity index (χ0v) is 13.9. The number of aryl methyl sites for hydroxylation is 1. The molecule has 0 saturated carbocycles. The molecular formula is C14H10Br2O4. The fourth-order valence-corrected chi connectivity index (χ4v) is 3.73. The first kappa shape index (κ1) is 15.0. The number of esters is 1. The van der Waals surface area contributed by atoms with Crippen LogP contribution in [-0.2, 0) is 4.74 Å². The van der Waals surface area contributed by atoms with Crippen LogP contribution in [0, 0.1) is 6.92 Å². The molecule has 0 saturated heterocycles. The zero-order chi connectivity index (χ0) is 14.9. The van der Waals surface area contributed by atoms with Gasteiger partial charge in [-0.3, -0.25) is 4.79 Å². The van der Waals surface area contributed by atoms with Gasteiger partial charge in [-0.2, -0.15) is 0 Å². The number of ether oxygens (including phenoxy) is 1. The fourth-order valence-electron chi connectivity index (χ4n) is 1.88. The molecule has 1 aromatic heterocycles. The van der Waals surface area contributed by atoms with Gasteiger partial charge in [-0.05, 0) is 62.5 Å². The van der Waals surface area contributed by atoms with E-state index in [0.717, 1.165) is 5.56 Å². The molecule has 0 atom stereocenters. The van der Waals surface area contributed by atoms with Crippen LogP contribution in [0.15, 0.2) is 31.6 Å². The number of rotatable bonds is 3. The van der Waals surface area contributed by atoms with E-state index in [4.69, 9.17) is 9.15 Å². The Morgan fingerprint density at radius 1 is 1.35 bits per heavy atom. The molecule has 1 heterocycles. The largest absolute Gasteiger partial charge is 0.465 e. The van der Waals surface area contributed by atoms with E-state index in [0.29, 0.717) is 32.1 Å². The van der Waals surface area contributed by atoms with Crippen molar-refractivity contribution in [3.63, 3.8) is 0 Å². The number of benzene rings is 1. The van der Waals surface area contributed by atoms with Crippen molar-refractivity contribution < 1.29 is 18.7 Å². The molecule has 0 aliphatic carbocycles. The molecule has 2 rings (SSSR count). The number of halogens is 2. The topological polar surface area (TPSA) is 56.5 Å². The Labute approximate surface area is 132 Å². The lowest BCUT2D eigenvalue weighted by molar-refractivity contribution is 0.0598. The third-order valence-electron chi connectivity index (χ3n) is 2.79. The van der Waals surface area contributed by atoms with E-state index in [1.54, 1.807) is 18.2 Å². The highest BCUT2D eigenvalue weighted by Gasteiger charge is 2.22. The molecule has 0 radical (unpaired) electrons. The van der Waals surface area contributed by atoms with E-state index in [1.165, 1.54) is 7.11 Å². The molecule has 0 bridgehead atoms. The van der Waals surface area contributed by atoms with E-state index in [2.05, 4.69) is 31.9 Å². The maximum Gasteiger partial charge on any atom is 0.340 e. The van der Waals surface area contributed by atoms with E-state index in [-0.39, 0.29) is 5.76 Å². The van der Waals surface area contributed by atoms with Gasteiger partial charge in [0, 0.05) is 14.5 Å². The van der Waals surface area contributed by atoms with Gasteiger partial charge >= 0.3 is 5.97 Å². The summed E-state index contributed by atoms with van der Waals surface area (Å²) in [4.78, 5) is 22.6. The normalized spacial score (nSPS) is 10.4. The molecule has 0 aliphatic rings. The summed E-state index contributed by atoms with van der Waals surface area (Å²) in [7, 11) is 1.32. The Bertz CT molecular complexity index is 689. The van der Waals surface area contributed by atoms with Gasteiger partial charge in [0.15, 0.2) is 12.0 Å². The summed E-state index contributed by atoms with van der Waals surface area (Å²) < 4.78 is 11.4. The summed E-state index contributed by atoms with van der Waals surface area (Å²) in [6.45, 7) is 1.88. The summed E-state index contributed by atoms with van der Waals surface area (Å²) in [6.07, 6.45) is 0.632. The van der Waals surface area contributed by atoms with Crippen LogP contribution in [0.3, 0.4) is 0 Å². The van der Waals surface area contributed by atoms with Crippen molar-refractivity contribution in [2.75, 3.05) is 7.11 Å². The van der Waals surface area contributed by atoms with E-state index in [1.807, 2.05) is 6.92 Å². The highest BCUT2D eigenvalue weighted by Crippen LogP contribution is 2.39. The van der Waals surface area contributed by atoms with Crippen LogP contribution >= 0.6 is 31.9 Å². The third kappa shape index (κ3) is 2.58. The molecule has 6 heteroatoms. The summed E-state index contributed by atoms with van der Waals surface area (Å²) >= 11 is 6.76. The Hall–Kier alpha value is -1.40. The Morgan fingerprint density at radius 3 is 2.60 bits per heavy atom. The van der Waals surface area contributed by atoms with Crippen molar-refractivity contribution in [3.05, 3.63) is 44.0 Å². The maximum absolute atomic E-state index is 11.8. The molecule has 104 valence electrons. The number of hydrogen-bond donors (Lipinski definition) is 0. The van der Waals surface area contributed by atoms with E-state index < -0.39 is 5.97 Å². The molecule has 4 nitrogen and oxygen atoms in total. The zero-order valence-electron chi connectivity index (χ0n) is 10.7. The van der Waals surface area contributed by atoms with Gasteiger partial charge < -0.3 is 9.15 Å². The Kier molecular flexibility index (Phi) is 4.45. The van der Waals surface area contributed by atoms with Gasteiger partial charge in [-0.15, -0.1) is 0 Å². The van der Waals surface area contributed by atoms with Crippen LogP contribution in [0.1, 0.15) is 26.5 Å².